The zero-order valence-electron chi connectivity index (χ0n) is 16.5. The summed E-state index contributed by atoms with van der Waals surface area (Å²) in [5, 5.41) is 9.34. The lowest BCUT2D eigenvalue weighted by atomic mass is 9.46. The summed E-state index contributed by atoms with van der Waals surface area (Å²) in [6, 6.07) is 0. The van der Waals surface area contributed by atoms with Crippen molar-refractivity contribution in [2.75, 3.05) is 6.61 Å². The zero-order chi connectivity index (χ0) is 18.7. The second-order valence-corrected chi connectivity index (χ2v) is 9.60. The molecule has 0 aromatic heterocycles. The first-order valence-electron chi connectivity index (χ1n) is 10.6. The number of rotatable bonds is 2. The number of carbonyl (C=O) groups excluding carboxylic acids is 1. The van der Waals surface area contributed by atoms with Crippen LogP contribution in [-0.4, -0.2) is 17.5 Å². The molecule has 0 saturated heterocycles. The Balaban J connectivity index is 1.71. The van der Waals surface area contributed by atoms with E-state index in [1.165, 1.54) is 5.57 Å². The molecule has 0 unspecified atom stereocenters. The maximum Gasteiger partial charge on any atom is 0.158 e. The molecule has 144 valence electrons. The van der Waals surface area contributed by atoms with Gasteiger partial charge in [0.15, 0.2) is 5.78 Å². The molecule has 4 aliphatic carbocycles. The van der Waals surface area contributed by atoms with Crippen molar-refractivity contribution in [3.05, 3.63) is 22.5 Å². The van der Waals surface area contributed by atoms with E-state index in [0.29, 0.717) is 30.0 Å². The van der Waals surface area contributed by atoms with E-state index in [1.807, 2.05) is 0 Å². The number of hydrogen-bond donors (Lipinski definition) is 1. The third-order valence-corrected chi connectivity index (χ3v) is 8.85. The monoisotopic (exact) mass is 360 g/mol. The number of allylic oxidation sites excluding steroid dienone is 2. The van der Waals surface area contributed by atoms with Crippen molar-refractivity contribution < 1.29 is 14.3 Å². The van der Waals surface area contributed by atoms with Crippen LogP contribution in [0.2, 0.25) is 0 Å². The predicted molar refractivity (Wildman–Crippen MR) is 101 cm³/mol. The highest BCUT2D eigenvalue weighted by Crippen LogP contribution is 2.67. The Labute approximate surface area is 156 Å². The molecule has 4 rings (SSSR count). The zero-order valence-corrected chi connectivity index (χ0v) is 16.5. The third kappa shape index (κ3) is 2.35. The summed E-state index contributed by atoms with van der Waals surface area (Å²) in [5.41, 5.74) is 3.61. The molecular weight excluding hydrogens is 327 g/mol. The number of halogens is 1. The van der Waals surface area contributed by atoms with Crippen molar-refractivity contribution >= 4 is 5.78 Å². The van der Waals surface area contributed by atoms with Crippen LogP contribution in [0, 0.1) is 28.6 Å². The van der Waals surface area contributed by atoms with Gasteiger partial charge < -0.3 is 5.11 Å². The smallest absolute Gasteiger partial charge is 0.158 e. The average Bonchev–Trinajstić information content (AvgIpc) is 2.99. The van der Waals surface area contributed by atoms with Crippen LogP contribution < -0.4 is 0 Å². The summed E-state index contributed by atoms with van der Waals surface area (Å²) in [4.78, 5) is 12.4. The molecule has 0 bridgehead atoms. The van der Waals surface area contributed by atoms with Crippen LogP contribution >= 0.6 is 0 Å². The maximum absolute atomic E-state index is 14.3. The topological polar surface area (TPSA) is 37.3 Å². The van der Waals surface area contributed by atoms with E-state index in [1.54, 1.807) is 0 Å². The summed E-state index contributed by atoms with van der Waals surface area (Å²) in [6.07, 6.45) is 8.83. The lowest BCUT2D eigenvalue weighted by Gasteiger charge is -2.58. The van der Waals surface area contributed by atoms with Crippen molar-refractivity contribution in [2.24, 2.45) is 28.6 Å². The van der Waals surface area contributed by atoms with Gasteiger partial charge in [-0.2, -0.15) is 0 Å². The standard InChI is InChI=1S/C23H33FO2/c1-4-14-16-6-5-15-17-7-8-19(20(24)13-25)23(17,3)11-9-18(15)22(16,2)12-10-21(14)26/h15,17-18,25H,4-13H2,1-3H3/t15-,17-,18-,22-,23-/m0/s1. The lowest BCUT2D eigenvalue weighted by molar-refractivity contribution is -0.118. The molecule has 5 atom stereocenters. The summed E-state index contributed by atoms with van der Waals surface area (Å²) in [7, 11) is 0. The Hall–Kier alpha value is -0.960. The summed E-state index contributed by atoms with van der Waals surface area (Å²) in [6.45, 7) is 6.35. The minimum Gasteiger partial charge on any atom is -0.389 e. The fourth-order valence-corrected chi connectivity index (χ4v) is 7.59. The number of fused-ring (bicyclic) bond motifs is 5. The molecule has 0 spiro atoms. The number of carbonyl (C=O) groups is 1. The predicted octanol–water partition coefficient (Wildman–Crippen LogP) is 5.51. The van der Waals surface area contributed by atoms with Crippen molar-refractivity contribution in [3.8, 4) is 0 Å². The molecule has 1 N–H and O–H groups in total. The van der Waals surface area contributed by atoms with Gasteiger partial charge in [-0.05, 0) is 91.1 Å². The fraction of sp³-hybridized carbons (Fsp3) is 0.783. The molecular formula is C23H33FO2. The summed E-state index contributed by atoms with van der Waals surface area (Å²) < 4.78 is 14.3. The van der Waals surface area contributed by atoms with Gasteiger partial charge in [0.1, 0.15) is 5.83 Å². The summed E-state index contributed by atoms with van der Waals surface area (Å²) in [5.74, 6) is 1.92. The first-order valence-corrected chi connectivity index (χ1v) is 10.6. The highest BCUT2D eigenvalue weighted by atomic mass is 19.1. The molecule has 0 aliphatic heterocycles. The van der Waals surface area contributed by atoms with Crippen LogP contribution in [0.25, 0.3) is 0 Å². The molecule has 3 saturated carbocycles. The molecule has 0 aromatic rings. The van der Waals surface area contributed by atoms with Gasteiger partial charge in [0.25, 0.3) is 0 Å². The van der Waals surface area contributed by atoms with Gasteiger partial charge in [-0.15, -0.1) is 0 Å². The molecule has 26 heavy (non-hydrogen) atoms. The van der Waals surface area contributed by atoms with Crippen molar-refractivity contribution in [3.63, 3.8) is 0 Å². The molecule has 0 heterocycles. The molecule has 3 heteroatoms. The Morgan fingerprint density at radius 3 is 2.50 bits per heavy atom. The fourth-order valence-electron chi connectivity index (χ4n) is 7.59. The largest absolute Gasteiger partial charge is 0.389 e. The van der Waals surface area contributed by atoms with Crippen LogP contribution in [0.3, 0.4) is 0 Å². The Morgan fingerprint density at radius 1 is 1.08 bits per heavy atom. The Morgan fingerprint density at radius 2 is 1.81 bits per heavy atom. The second-order valence-electron chi connectivity index (χ2n) is 9.60. The van der Waals surface area contributed by atoms with E-state index >= 15 is 0 Å². The van der Waals surface area contributed by atoms with E-state index in [9.17, 15) is 14.3 Å². The van der Waals surface area contributed by atoms with E-state index in [4.69, 9.17) is 0 Å². The van der Waals surface area contributed by atoms with E-state index in [2.05, 4.69) is 20.8 Å². The van der Waals surface area contributed by atoms with Gasteiger partial charge in [-0.3, -0.25) is 4.79 Å². The van der Waals surface area contributed by atoms with Crippen molar-refractivity contribution in [1.82, 2.24) is 0 Å². The number of aliphatic hydroxyl groups excluding tert-OH is 1. The summed E-state index contributed by atoms with van der Waals surface area (Å²) >= 11 is 0. The highest BCUT2D eigenvalue weighted by Gasteiger charge is 2.58. The quantitative estimate of drug-likeness (QED) is 0.704. The number of Topliss-reactive ketones (excluding diaryl/α,β-unsaturated/α-hetero) is 1. The average molecular weight is 361 g/mol. The first-order chi connectivity index (χ1) is 12.4. The maximum atomic E-state index is 14.3. The second kappa shape index (κ2) is 6.29. The molecule has 0 amide bonds. The van der Waals surface area contributed by atoms with E-state index in [-0.39, 0.29) is 16.7 Å². The van der Waals surface area contributed by atoms with Crippen LogP contribution in [0.15, 0.2) is 22.5 Å². The molecule has 0 radical (unpaired) electrons. The van der Waals surface area contributed by atoms with Gasteiger partial charge in [0.2, 0.25) is 0 Å². The van der Waals surface area contributed by atoms with Gasteiger partial charge in [-0.25, -0.2) is 4.39 Å². The Kier molecular flexibility index (Phi) is 4.45. The minimum atomic E-state index is -0.446. The van der Waals surface area contributed by atoms with Gasteiger partial charge in [-0.1, -0.05) is 26.3 Å². The van der Waals surface area contributed by atoms with E-state index in [0.717, 1.165) is 62.5 Å². The molecule has 0 aromatic carbocycles. The van der Waals surface area contributed by atoms with Crippen LogP contribution in [-0.2, 0) is 4.79 Å². The normalized spacial score (nSPS) is 44.5. The van der Waals surface area contributed by atoms with Gasteiger partial charge in [0.05, 0.1) is 6.61 Å². The molecule has 4 aliphatic rings. The number of aliphatic hydroxyl groups is 1. The lowest BCUT2D eigenvalue weighted by Crippen LogP contribution is -2.50. The third-order valence-electron chi connectivity index (χ3n) is 8.85. The minimum absolute atomic E-state index is 0.0658. The SMILES string of the molecule is CCC1=C2CC[C@@H]3[C@H](CC[C@]4(C)C(=C(F)CO)CC[C@@H]34)[C@@]2(C)CCC1=O. The molecule has 3 fully saturated rings. The first kappa shape index (κ1) is 18.4. The van der Waals surface area contributed by atoms with Crippen LogP contribution in [0.5, 0.6) is 0 Å². The van der Waals surface area contributed by atoms with Crippen molar-refractivity contribution in [1.29, 1.82) is 0 Å². The number of hydrogen-bond acceptors (Lipinski definition) is 2. The van der Waals surface area contributed by atoms with Crippen molar-refractivity contribution in [2.45, 2.75) is 78.6 Å². The van der Waals surface area contributed by atoms with Crippen LogP contribution in [0.4, 0.5) is 4.39 Å². The van der Waals surface area contributed by atoms with Gasteiger partial charge in [0, 0.05) is 6.42 Å². The molecule has 2 nitrogen and oxygen atoms in total. The highest BCUT2D eigenvalue weighted by molar-refractivity contribution is 5.97. The van der Waals surface area contributed by atoms with E-state index < -0.39 is 6.61 Å². The van der Waals surface area contributed by atoms with Crippen LogP contribution in [0.1, 0.15) is 78.6 Å². The number of ketones is 1. The Bertz CT molecular complexity index is 690. The van der Waals surface area contributed by atoms with Gasteiger partial charge >= 0.3 is 0 Å².